The Labute approximate surface area is 222 Å². The fourth-order valence-electron chi connectivity index (χ4n) is 6.15. The number of ether oxygens (including phenoxy) is 1. The topological polar surface area (TPSA) is 99.1 Å². The van der Waals surface area contributed by atoms with E-state index in [0.29, 0.717) is 30.1 Å². The molecule has 2 amide bonds. The van der Waals surface area contributed by atoms with Crippen molar-refractivity contribution in [1.29, 1.82) is 0 Å². The molecule has 0 unspecified atom stereocenters. The van der Waals surface area contributed by atoms with Crippen LogP contribution in [0.5, 0.6) is 5.75 Å². The molecule has 0 spiro atoms. The maximum absolute atomic E-state index is 13.8. The molecule has 38 heavy (non-hydrogen) atoms. The van der Waals surface area contributed by atoms with Gasteiger partial charge in [0.25, 0.3) is 0 Å². The Balaban J connectivity index is 1.48. The van der Waals surface area contributed by atoms with Crippen molar-refractivity contribution in [1.82, 2.24) is 10.2 Å². The van der Waals surface area contributed by atoms with Gasteiger partial charge in [0, 0.05) is 30.6 Å². The van der Waals surface area contributed by atoms with Crippen LogP contribution < -0.4 is 10.1 Å². The highest BCUT2D eigenvalue weighted by Crippen LogP contribution is 2.47. The number of hydrogen-bond acceptors (Lipinski definition) is 5. The predicted molar refractivity (Wildman–Crippen MR) is 140 cm³/mol. The van der Waals surface area contributed by atoms with Gasteiger partial charge in [0.05, 0.1) is 18.6 Å². The first kappa shape index (κ1) is 26.4. The summed E-state index contributed by atoms with van der Waals surface area (Å²) in [5, 5.41) is 23.6. The highest BCUT2D eigenvalue weighted by molar-refractivity contribution is 5.96. The Morgan fingerprint density at radius 2 is 1.89 bits per heavy atom. The van der Waals surface area contributed by atoms with Gasteiger partial charge in [-0.3, -0.25) is 9.59 Å². The molecule has 2 aromatic carbocycles. The van der Waals surface area contributed by atoms with E-state index in [9.17, 15) is 24.2 Å². The number of rotatable bonds is 9. The lowest BCUT2D eigenvalue weighted by atomic mass is 9.77. The van der Waals surface area contributed by atoms with Gasteiger partial charge >= 0.3 is 0 Å². The molecule has 7 nitrogen and oxygen atoms in total. The third-order valence-electron chi connectivity index (χ3n) is 8.03. The van der Waals surface area contributed by atoms with Crippen LogP contribution in [0.2, 0.25) is 0 Å². The van der Waals surface area contributed by atoms with Crippen molar-refractivity contribution in [3.63, 3.8) is 0 Å². The van der Waals surface area contributed by atoms with E-state index in [1.807, 2.05) is 30.3 Å². The number of hydrogen-bond donors (Lipinski definition) is 3. The smallest absolute Gasteiger partial charge is 0.247 e. The van der Waals surface area contributed by atoms with Gasteiger partial charge in [0.2, 0.25) is 11.8 Å². The molecule has 0 aromatic heterocycles. The first-order valence-corrected chi connectivity index (χ1v) is 13.5. The second-order valence-electron chi connectivity index (χ2n) is 10.5. The van der Waals surface area contributed by atoms with E-state index in [4.69, 9.17) is 4.74 Å². The molecule has 3 aliphatic rings. The number of aliphatic hydroxyl groups excluding tert-OH is 2. The van der Waals surface area contributed by atoms with Gasteiger partial charge in [0.15, 0.2) is 0 Å². The van der Waals surface area contributed by atoms with Crippen LogP contribution in [0.25, 0.3) is 0 Å². The average Bonchev–Trinajstić information content (AvgIpc) is 3.57. The summed E-state index contributed by atoms with van der Waals surface area (Å²) in [6.45, 7) is 0.155. The summed E-state index contributed by atoms with van der Waals surface area (Å²) >= 11 is 0. The van der Waals surface area contributed by atoms with Gasteiger partial charge in [-0.25, -0.2) is 4.39 Å². The average molecular weight is 523 g/mol. The summed E-state index contributed by atoms with van der Waals surface area (Å²) in [4.78, 5) is 28.7. The number of nitrogens with one attached hydrogen (secondary N) is 1. The van der Waals surface area contributed by atoms with E-state index < -0.39 is 24.2 Å². The number of carbonyl (C=O) groups excluding carboxylic acids is 2. The number of fused-ring (bicyclic) bond motifs is 3. The Kier molecular flexibility index (Phi) is 8.09. The lowest BCUT2D eigenvalue weighted by Crippen LogP contribution is -2.56. The summed E-state index contributed by atoms with van der Waals surface area (Å²) in [6, 6.07) is 12.9. The number of carbonyl (C=O) groups is 2. The molecular weight excluding hydrogens is 487 g/mol. The van der Waals surface area contributed by atoms with Gasteiger partial charge in [0.1, 0.15) is 23.8 Å². The van der Waals surface area contributed by atoms with E-state index in [0.717, 1.165) is 36.8 Å². The minimum absolute atomic E-state index is 0.0855. The molecule has 1 heterocycles. The predicted octanol–water partition coefficient (Wildman–Crippen LogP) is 3.10. The second kappa shape index (κ2) is 11.7. The minimum Gasteiger partial charge on any atom is -0.486 e. The third-order valence-corrected chi connectivity index (χ3v) is 8.03. The van der Waals surface area contributed by atoms with Crippen molar-refractivity contribution in [3.05, 3.63) is 77.1 Å². The van der Waals surface area contributed by atoms with Gasteiger partial charge in [-0.2, -0.15) is 0 Å². The highest BCUT2D eigenvalue weighted by atomic mass is 19.1. The summed E-state index contributed by atoms with van der Waals surface area (Å²) in [5.74, 6) is -0.377. The van der Waals surface area contributed by atoms with E-state index in [2.05, 4.69) is 5.32 Å². The number of para-hydroxylation sites is 1. The van der Waals surface area contributed by atoms with Crippen LogP contribution in [0, 0.1) is 11.7 Å². The largest absolute Gasteiger partial charge is 0.486 e. The van der Waals surface area contributed by atoms with Gasteiger partial charge in [-0.05, 0) is 55.0 Å². The van der Waals surface area contributed by atoms with Crippen molar-refractivity contribution >= 4 is 11.8 Å². The lowest BCUT2D eigenvalue weighted by Gasteiger charge is -2.41. The van der Waals surface area contributed by atoms with Crippen molar-refractivity contribution in [2.24, 2.45) is 5.92 Å². The van der Waals surface area contributed by atoms with Crippen LogP contribution >= 0.6 is 0 Å². The number of benzene rings is 2. The van der Waals surface area contributed by atoms with Crippen molar-refractivity contribution in [2.45, 2.75) is 62.7 Å². The van der Waals surface area contributed by atoms with E-state index >= 15 is 0 Å². The van der Waals surface area contributed by atoms with Crippen molar-refractivity contribution in [2.75, 3.05) is 19.7 Å². The van der Waals surface area contributed by atoms with Crippen molar-refractivity contribution < 1.29 is 28.9 Å². The standard InChI is InChI=1S/C30H35FN2O5/c31-21-9-5-8-20(16-21)12-14-33(26(35)17-19-6-1-2-7-19)24-18-23(30(37)32-13-15-34)27-22-10-3-4-11-25(22)38-29(27)28(24)36/h3-5,8-11,16,18-19,24,27-29,34,36H,1-2,6-7,12-15,17H2,(H,32,37)/t24-,27+,28+,29+/m1/s1. The van der Waals surface area contributed by atoms with E-state index in [1.54, 1.807) is 17.0 Å². The Morgan fingerprint density at radius 3 is 2.66 bits per heavy atom. The number of amides is 2. The maximum atomic E-state index is 13.8. The molecule has 1 saturated carbocycles. The molecule has 0 bridgehead atoms. The molecule has 3 N–H and O–H groups in total. The number of aliphatic hydroxyl groups is 2. The zero-order chi connectivity index (χ0) is 26.6. The fourth-order valence-corrected chi connectivity index (χ4v) is 6.15. The third kappa shape index (κ3) is 5.47. The summed E-state index contributed by atoms with van der Waals surface area (Å²) in [6.07, 6.45) is 4.90. The summed E-state index contributed by atoms with van der Waals surface area (Å²) < 4.78 is 20.0. The zero-order valence-corrected chi connectivity index (χ0v) is 21.4. The fraction of sp³-hybridized carbons (Fsp3) is 0.467. The molecule has 2 aromatic rings. The number of nitrogens with zero attached hydrogens (tertiary/aromatic N) is 1. The first-order valence-electron chi connectivity index (χ1n) is 13.5. The van der Waals surface area contributed by atoms with Crippen LogP contribution in [0.4, 0.5) is 4.39 Å². The molecule has 5 rings (SSSR count). The molecular formula is C30H35FN2O5. The molecule has 202 valence electrons. The molecule has 1 fully saturated rings. The summed E-state index contributed by atoms with van der Waals surface area (Å²) in [5.41, 5.74) is 1.97. The monoisotopic (exact) mass is 522 g/mol. The van der Waals surface area contributed by atoms with Crippen LogP contribution in [-0.4, -0.2) is 64.9 Å². The van der Waals surface area contributed by atoms with Crippen LogP contribution in [0.15, 0.2) is 60.2 Å². The molecule has 2 aliphatic carbocycles. The minimum atomic E-state index is -1.07. The van der Waals surface area contributed by atoms with Gasteiger partial charge in [-0.15, -0.1) is 0 Å². The Hall–Kier alpha value is -3.23. The summed E-state index contributed by atoms with van der Waals surface area (Å²) in [7, 11) is 0. The Morgan fingerprint density at radius 1 is 1.11 bits per heavy atom. The van der Waals surface area contributed by atoms with Gasteiger partial charge in [-0.1, -0.05) is 43.2 Å². The molecule has 4 atom stereocenters. The molecule has 0 saturated heterocycles. The normalized spacial score (nSPS) is 24.2. The highest BCUT2D eigenvalue weighted by Gasteiger charge is 2.50. The lowest BCUT2D eigenvalue weighted by molar-refractivity contribution is -0.138. The molecule has 0 radical (unpaired) electrons. The number of halogens is 1. The second-order valence-corrected chi connectivity index (χ2v) is 10.5. The Bertz CT molecular complexity index is 1190. The van der Waals surface area contributed by atoms with Crippen LogP contribution in [0.3, 0.4) is 0 Å². The van der Waals surface area contributed by atoms with Gasteiger partial charge < -0.3 is 25.2 Å². The molecule has 1 aliphatic heterocycles. The zero-order valence-electron chi connectivity index (χ0n) is 21.4. The van der Waals surface area contributed by atoms with E-state index in [1.165, 1.54) is 12.1 Å². The first-order chi connectivity index (χ1) is 18.5. The van der Waals surface area contributed by atoms with Crippen LogP contribution in [-0.2, 0) is 16.0 Å². The van der Waals surface area contributed by atoms with Crippen molar-refractivity contribution in [3.8, 4) is 5.75 Å². The quantitative estimate of drug-likeness (QED) is 0.470. The van der Waals surface area contributed by atoms with E-state index in [-0.39, 0.29) is 37.3 Å². The van der Waals surface area contributed by atoms with Crippen LogP contribution in [0.1, 0.15) is 49.1 Å². The maximum Gasteiger partial charge on any atom is 0.247 e. The SMILES string of the molecule is O=C(NCCO)C1=C[C@@H](N(CCc2cccc(F)c2)C(=O)CC2CCCC2)[C@H](O)[C@H]2Oc3ccccc3[C@@H]12. The molecule has 8 heteroatoms.